The smallest absolute Gasteiger partial charge is 0.243 e. The Morgan fingerprint density at radius 1 is 0.941 bits per heavy atom. The minimum absolute atomic E-state index is 0.207. The highest BCUT2D eigenvalue weighted by atomic mass is 32.2. The van der Waals surface area contributed by atoms with Gasteiger partial charge >= 0.3 is 0 Å². The van der Waals surface area contributed by atoms with Crippen LogP contribution in [-0.4, -0.2) is 43.9 Å². The highest BCUT2D eigenvalue weighted by Gasteiger charge is 2.31. The summed E-state index contributed by atoms with van der Waals surface area (Å²) in [5.74, 6) is 0.737. The molecular formula is C26H26N4O3S. The minimum atomic E-state index is -3.57. The molecule has 0 amide bonds. The number of aromatic nitrogens is 1. The van der Waals surface area contributed by atoms with Crippen molar-refractivity contribution in [2.45, 2.75) is 30.6 Å². The second-order valence-electron chi connectivity index (χ2n) is 8.59. The van der Waals surface area contributed by atoms with E-state index in [0.717, 1.165) is 36.8 Å². The van der Waals surface area contributed by atoms with Gasteiger partial charge in [-0.2, -0.15) is 14.6 Å². The first-order chi connectivity index (χ1) is 16.5. The molecule has 1 saturated heterocycles. The van der Waals surface area contributed by atoms with Gasteiger partial charge in [0.05, 0.1) is 4.90 Å². The van der Waals surface area contributed by atoms with Crippen LogP contribution in [0, 0.1) is 11.3 Å². The van der Waals surface area contributed by atoms with Crippen LogP contribution in [0.5, 0.6) is 0 Å². The number of fused-ring (bicyclic) bond motifs is 1. The summed E-state index contributed by atoms with van der Waals surface area (Å²) in [6.07, 6.45) is 7.84. The van der Waals surface area contributed by atoms with E-state index >= 15 is 0 Å². The molecule has 2 aliphatic rings. The topological polar surface area (TPSA) is 90.4 Å². The molecule has 0 spiro atoms. The largest absolute Gasteiger partial charge is 0.420 e. The molecular weight excluding hydrogens is 448 g/mol. The molecule has 3 aromatic rings. The monoisotopic (exact) mass is 474 g/mol. The number of nitriles is 1. The van der Waals surface area contributed by atoms with Crippen LogP contribution in [0.1, 0.15) is 41.1 Å². The van der Waals surface area contributed by atoms with Crippen molar-refractivity contribution in [3.05, 3.63) is 76.8 Å². The number of hydrogen-bond donors (Lipinski definition) is 0. The van der Waals surface area contributed by atoms with Gasteiger partial charge in [0.15, 0.2) is 0 Å². The summed E-state index contributed by atoms with van der Waals surface area (Å²) < 4.78 is 33.9. The van der Waals surface area contributed by atoms with Crippen LogP contribution in [-0.2, 0) is 22.9 Å². The first-order valence-electron chi connectivity index (χ1n) is 11.6. The van der Waals surface area contributed by atoms with Crippen LogP contribution >= 0.6 is 0 Å². The van der Waals surface area contributed by atoms with Crippen molar-refractivity contribution >= 4 is 28.1 Å². The normalized spacial score (nSPS) is 17.0. The quantitative estimate of drug-likeness (QED) is 0.553. The van der Waals surface area contributed by atoms with Crippen LogP contribution < -0.4 is 4.90 Å². The van der Waals surface area contributed by atoms with E-state index in [2.05, 4.69) is 11.1 Å². The van der Waals surface area contributed by atoms with Gasteiger partial charge in [0.1, 0.15) is 6.07 Å². The predicted octanol–water partition coefficient (Wildman–Crippen LogP) is 4.11. The first-order valence-corrected chi connectivity index (χ1v) is 13.0. The van der Waals surface area contributed by atoms with Gasteiger partial charge in [0.25, 0.3) is 0 Å². The lowest BCUT2D eigenvalue weighted by atomic mass is 9.92. The molecule has 1 aromatic heterocycles. The molecule has 0 bridgehead atoms. The SMILES string of the molecule is N#Cc1nc(/C=C/c2ccccc2)oc1N1CCN(S(=O)(=O)c2ccc3c(c2)CCCC3)CC1. The molecule has 1 fully saturated rings. The van der Waals surface area contributed by atoms with Gasteiger partial charge in [-0.05, 0) is 60.6 Å². The van der Waals surface area contributed by atoms with Crippen molar-refractivity contribution in [1.82, 2.24) is 9.29 Å². The number of sulfonamides is 1. The number of aryl methyl sites for hydroxylation is 2. The zero-order valence-electron chi connectivity index (χ0n) is 18.9. The molecule has 0 radical (unpaired) electrons. The second-order valence-corrected chi connectivity index (χ2v) is 10.5. The van der Waals surface area contributed by atoms with E-state index in [9.17, 15) is 13.7 Å². The van der Waals surface area contributed by atoms with Crippen molar-refractivity contribution in [1.29, 1.82) is 5.26 Å². The van der Waals surface area contributed by atoms with Crippen molar-refractivity contribution in [2.75, 3.05) is 31.1 Å². The molecule has 0 atom stereocenters. The van der Waals surface area contributed by atoms with Crippen LogP contribution in [0.3, 0.4) is 0 Å². The summed E-state index contributed by atoms with van der Waals surface area (Å²) >= 11 is 0. The summed E-state index contributed by atoms with van der Waals surface area (Å²) in [5.41, 5.74) is 3.63. The van der Waals surface area contributed by atoms with E-state index in [1.54, 1.807) is 12.1 Å². The van der Waals surface area contributed by atoms with E-state index in [0.29, 0.717) is 42.8 Å². The molecule has 1 aliphatic carbocycles. The fourth-order valence-electron chi connectivity index (χ4n) is 4.57. The van der Waals surface area contributed by atoms with Gasteiger partial charge < -0.3 is 9.32 Å². The Labute approximate surface area is 200 Å². The summed E-state index contributed by atoms with van der Waals surface area (Å²) in [5, 5.41) is 9.54. The third kappa shape index (κ3) is 4.49. The van der Waals surface area contributed by atoms with E-state index < -0.39 is 10.0 Å². The zero-order valence-corrected chi connectivity index (χ0v) is 19.7. The molecule has 34 heavy (non-hydrogen) atoms. The first kappa shape index (κ1) is 22.4. The van der Waals surface area contributed by atoms with Crippen molar-refractivity contribution in [3.63, 3.8) is 0 Å². The van der Waals surface area contributed by atoms with Gasteiger partial charge in [0, 0.05) is 32.3 Å². The number of benzene rings is 2. The number of oxazole rings is 1. The Morgan fingerprint density at radius 2 is 1.68 bits per heavy atom. The lowest BCUT2D eigenvalue weighted by Gasteiger charge is -2.33. The molecule has 2 heterocycles. The standard InChI is InChI=1S/C26H26N4O3S/c27-19-24-26(33-25(28-24)13-10-20-6-2-1-3-7-20)29-14-16-30(17-15-29)34(31,32)23-12-11-21-8-4-5-9-22(21)18-23/h1-3,6-7,10-13,18H,4-5,8-9,14-17H2/b13-10+. The molecule has 0 N–H and O–H groups in total. The van der Waals surface area contributed by atoms with Gasteiger partial charge in [0.2, 0.25) is 27.5 Å². The molecule has 1 aliphatic heterocycles. The Balaban J connectivity index is 1.29. The lowest BCUT2D eigenvalue weighted by molar-refractivity contribution is 0.373. The predicted molar refractivity (Wildman–Crippen MR) is 131 cm³/mol. The average molecular weight is 475 g/mol. The summed E-state index contributed by atoms with van der Waals surface area (Å²) in [6, 6.07) is 17.4. The van der Waals surface area contributed by atoms with Crippen LogP contribution in [0.15, 0.2) is 57.8 Å². The fraction of sp³-hybridized carbons (Fsp3) is 0.308. The average Bonchev–Trinajstić information content (AvgIpc) is 3.31. The summed E-state index contributed by atoms with van der Waals surface area (Å²) in [7, 11) is -3.57. The van der Waals surface area contributed by atoms with E-state index in [1.807, 2.05) is 53.4 Å². The lowest BCUT2D eigenvalue weighted by Crippen LogP contribution is -2.48. The maximum atomic E-state index is 13.3. The number of piperazine rings is 1. The zero-order chi connectivity index (χ0) is 23.5. The number of nitrogens with zero attached hydrogens (tertiary/aromatic N) is 4. The minimum Gasteiger partial charge on any atom is -0.420 e. The van der Waals surface area contributed by atoms with Crippen LogP contribution in [0.2, 0.25) is 0 Å². The maximum Gasteiger partial charge on any atom is 0.243 e. The Kier molecular flexibility index (Phi) is 6.22. The van der Waals surface area contributed by atoms with Gasteiger partial charge in [-0.1, -0.05) is 36.4 Å². The summed E-state index contributed by atoms with van der Waals surface area (Å²) in [6.45, 7) is 1.49. The number of anilines is 1. The highest BCUT2D eigenvalue weighted by molar-refractivity contribution is 7.89. The number of hydrogen-bond acceptors (Lipinski definition) is 6. The number of rotatable bonds is 5. The molecule has 174 valence electrons. The molecule has 5 rings (SSSR count). The molecule has 7 nitrogen and oxygen atoms in total. The van der Waals surface area contributed by atoms with Gasteiger partial charge in [-0.25, -0.2) is 8.42 Å². The van der Waals surface area contributed by atoms with Crippen molar-refractivity contribution in [3.8, 4) is 6.07 Å². The van der Waals surface area contributed by atoms with Crippen LogP contribution in [0.4, 0.5) is 5.88 Å². The van der Waals surface area contributed by atoms with E-state index in [4.69, 9.17) is 4.42 Å². The maximum absolute atomic E-state index is 13.3. The van der Waals surface area contributed by atoms with Gasteiger partial charge in [-0.3, -0.25) is 0 Å². The molecule has 2 aromatic carbocycles. The van der Waals surface area contributed by atoms with E-state index in [-0.39, 0.29) is 5.69 Å². The van der Waals surface area contributed by atoms with Gasteiger partial charge in [-0.15, -0.1) is 0 Å². The van der Waals surface area contributed by atoms with Crippen LogP contribution in [0.25, 0.3) is 12.2 Å². The Bertz CT molecular complexity index is 1350. The van der Waals surface area contributed by atoms with E-state index in [1.165, 1.54) is 9.87 Å². The fourth-order valence-corrected chi connectivity index (χ4v) is 6.04. The molecule has 0 unspecified atom stereocenters. The third-order valence-corrected chi connectivity index (χ3v) is 8.33. The molecule has 0 saturated carbocycles. The highest BCUT2D eigenvalue weighted by Crippen LogP contribution is 2.28. The van der Waals surface area contributed by atoms with Crippen molar-refractivity contribution < 1.29 is 12.8 Å². The molecule has 8 heteroatoms. The second kappa shape index (κ2) is 9.45. The Hall–Kier alpha value is -3.41. The summed E-state index contributed by atoms with van der Waals surface area (Å²) in [4.78, 5) is 6.55. The van der Waals surface area contributed by atoms with Crippen molar-refractivity contribution in [2.24, 2.45) is 0 Å². The third-order valence-electron chi connectivity index (χ3n) is 6.43. The Morgan fingerprint density at radius 3 is 2.41 bits per heavy atom.